The van der Waals surface area contributed by atoms with Crippen LogP contribution in [0.4, 0.5) is 0 Å². The number of carbonyl (C=O) groups is 2. The van der Waals surface area contributed by atoms with E-state index in [4.69, 9.17) is 4.74 Å². The molecule has 0 saturated heterocycles. The minimum atomic E-state index is -1.83. The zero-order valence-electron chi connectivity index (χ0n) is 19.2. The van der Waals surface area contributed by atoms with Gasteiger partial charge in [-0.25, -0.2) is 4.79 Å². The van der Waals surface area contributed by atoms with Crippen LogP contribution < -0.4 is 0 Å². The highest BCUT2D eigenvalue weighted by Gasteiger charge is 2.61. The Balaban J connectivity index is 1.76. The molecule has 3 aliphatic rings. The molecule has 6 heteroatoms. The lowest BCUT2D eigenvalue weighted by molar-refractivity contribution is -0.144. The van der Waals surface area contributed by atoms with Crippen molar-refractivity contribution in [2.45, 2.75) is 64.8 Å². The van der Waals surface area contributed by atoms with Crippen molar-refractivity contribution in [3.05, 3.63) is 53.9 Å². The van der Waals surface area contributed by atoms with Crippen molar-refractivity contribution in [2.75, 3.05) is 0 Å². The van der Waals surface area contributed by atoms with Gasteiger partial charge in [0.1, 0.15) is 11.7 Å². The number of allylic oxidation sites excluding steroid dienone is 1. The number of rotatable bonds is 2. The van der Waals surface area contributed by atoms with Gasteiger partial charge in [-0.1, -0.05) is 33.4 Å². The molecule has 0 radical (unpaired) electrons. The van der Waals surface area contributed by atoms with Gasteiger partial charge in [-0.15, -0.1) is 0 Å². The van der Waals surface area contributed by atoms with Crippen LogP contribution in [0.5, 0.6) is 0 Å². The first kappa shape index (κ1) is 22.9. The number of Topliss-reactive ketones (excluding diaryl/α,β-unsaturated/α-hetero) is 1. The Morgan fingerprint density at radius 2 is 2.06 bits per heavy atom. The summed E-state index contributed by atoms with van der Waals surface area (Å²) in [5.41, 5.74) is -0.379. The zero-order chi connectivity index (χ0) is 23.4. The second-order valence-electron chi connectivity index (χ2n) is 10.5. The first-order chi connectivity index (χ1) is 15.0. The van der Waals surface area contributed by atoms with Gasteiger partial charge >= 0.3 is 5.97 Å². The summed E-state index contributed by atoms with van der Waals surface area (Å²) in [5, 5.41) is 22.8. The van der Waals surface area contributed by atoms with Crippen molar-refractivity contribution in [3.8, 4) is 0 Å². The first-order valence-electron chi connectivity index (χ1n) is 11.4. The van der Waals surface area contributed by atoms with E-state index in [0.717, 1.165) is 6.42 Å². The topological polar surface area (TPSA) is 96.7 Å². The largest absolute Gasteiger partial charge is 0.454 e. The predicted molar refractivity (Wildman–Crippen MR) is 120 cm³/mol. The molecule has 0 spiro atoms. The maximum atomic E-state index is 13.5. The monoisotopic (exact) mass is 439 g/mol. The number of pyridine rings is 1. The third-order valence-corrected chi connectivity index (χ3v) is 8.09. The van der Waals surface area contributed by atoms with Crippen molar-refractivity contribution in [3.63, 3.8) is 0 Å². The lowest BCUT2D eigenvalue weighted by atomic mass is 9.77. The first-order valence-corrected chi connectivity index (χ1v) is 11.4. The number of aliphatic hydroxyl groups excluding tert-OH is 1. The number of hydrogen-bond acceptors (Lipinski definition) is 6. The molecule has 0 bridgehead atoms. The lowest BCUT2D eigenvalue weighted by Crippen LogP contribution is -2.52. The zero-order valence-corrected chi connectivity index (χ0v) is 19.2. The second-order valence-corrected chi connectivity index (χ2v) is 10.5. The molecular formula is C26H33NO5. The molecule has 3 aliphatic carbocycles. The van der Waals surface area contributed by atoms with Crippen LogP contribution in [0.3, 0.4) is 0 Å². The Morgan fingerprint density at radius 3 is 2.72 bits per heavy atom. The molecule has 0 aromatic carbocycles. The highest BCUT2D eigenvalue weighted by Crippen LogP contribution is 2.62. The van der Waals surface area contributed by atoms with E-state index in [-0.39, 0.29) is 29.2 Å². The fourth-order valence-corrected chi connectivity index (χ4v) is 5.97. The van der Waals surface area contributed by atoms with Crippen LogP contribution in [0, 0.1) is 29.1 Å². The van der Waals surface area contributed by atoms with E-state index in [9.17, 15) is 19.8 Å². The van der Waals surface area contributed by atoms with E-state index in [0.29, 0.717) is 23.5 Å². The van der Waals surface area contributed by atoms with E-state index >= 15 is 0 Å². The van der Waals surface area contributed by atoms with Crippen LogP contribution in [0.25, 0.3) is 0 Å². The van der Waals surface area contributed by atoms with Gasteiger partial charge in [-0.05, 0) is 72.6 Å². The summed E-state index contributed by atoms with van der Waals surface area (Å²) in [7, 11) is 0. The van der Waals surface area contributed by atoms with E-state index in [2.05, 4.69) is 25.4 Å². The Labute approximate surface area is 189 Å². The van der Waals surface area contributed by atoms with Gasteiger partial charge in [0, 0.05) is 12.4 Å². The molecule has 1 heterocycles. The molecule has 0 amide bonds. The molecule has 32 heavy (non-hydrogen) atoms. The SMILES string of the molecule is C=C1CC[C@H]2[C@@H](/C=C(\C)C(=O)[C@@]3(O)C[C@H](C)[C@H](O)[C@@H]3[C@H]1OC(=O)c1cccnc1)C2(C)C. The van der Waals surface area contributed by atoms with Crippen LogP contribution in [0.15, 0.2) is 48.3 Å². The molecule has 6 nitrogen and oxygen atoms in total. The van der Waals surface area contributed by atoms with E-state index in [1.165, 1.54) is 6.20 Å². The summed E-state index contributed by atoms with van der Waals surface area (Å²) in [6, 6.07) is 3.23. The third-order valence-electron chi connectivity index (χ3n) is 8.09. The molecule has 172 valence electrons. The average molecular weight is 440 g/mol. The Kier molecular flexibility index (Phi) is 5.66. The molecular weight excluding hydrogens is 406 g/mol. The molecule has 2 saturated carbocycles. The van der Waals surface area contributed by atoms with Gasteiger partial charge < -0.3 is 14.9 Å². The minimum Gasteiger partial charge on any atom is -0.454 e. The van der Waals surface area contributed by atoms with Gasteiger partial charge in [-0.3, -0.25) is 9.78 Å². The average Bonchev–Trinajstić information content (AvgIpc) is 3.17. The number of ketones is 1. The fourth-order valence-electron chi connectivity index (χ4n) is 5.97. The summed E-state index contributed by atoms with van der Waals surface area (Å²) >= 11 is 0. The van der Waals surface area contributed by atoms with Crippen molar-refractivity contribution >= 4 is 11.8 Å². The van der Waals surface area contributed by atoms with Crippen LogP contribution in [0.1, 0.15) is 57.3 Å². The Morgan fingerprint density at radius 1 is 1.34 bits per heavy atom. The minimum absolute atomic E-state index is 0.0629. The normalized spacial score (nSPS) is 40.4. The van der Waals surface area contributed by atoms with Gasteiger partial charge in [0.25, 0.3) is 0 Å². The molecule has 1 aromatic rings. The number of aromatic nitrogens is 1. The smallest absolute Gasteiger partial charge is 0.340 e. The Bertz CT molecular complexity index is 968. The number of ether oxygens (including phenoxy) is 1. The molecule has 1 aromatic heterocycles. The Hall–Kier alpha value is -2.31. The van der Waals surface area contributed by atoms with Crippen LogP contribution in [0.2, 0.25) is 0 Å². The van der Waals surface area contributed by atoms with Crippen LogP contribution in [-0.4, -0.2) is 44.8 Å². The maximum absolute atomic E-state index is 13.5. The van der Waals surface area contributed by atoms with Crippen molar-refractivity contribution in [2.24, 2.45) is 29.1 Å². The molecule has 0 aliphatic heterocycles. The molecule has 0 unspecified atom stereocenters. The highest BCUT2D eigenvalue weighted by molar-refractivity contribution is 6.02. The maximum Gasteiger partial charge on any atom is 0.340 e. The summed E-state index contributed by atoms with van der Waals surface area (Å²) in [6.45, 7) is 12.1. The number of carbonyl (C=O) groups excluding carboxylic acids is 2. The summed E-state index contributed by atoms with van der Waals surface area (Å²) in [5.74, 6) is -1.69. The van der Waals surface area contributed by atoms with E-state index in [1.54, 1.807) is 32.2 Å². The standard InChI is InChI=1S/C26H33NO5/c1-14-8-9-18-19(25(18,4)5)11-15(2)23(29)26(31)12-16(3)21(28)20(26)22(14)32-24(30)17-7-6-10-27-13-17/h6-7,10-11,13,16,18-22,28,31H,1,8-9,12H2,2-5H3/b15-11+/t16-,18-,19+,20+,21-,22-,26+/m0/s1. The molecule has 2 fully saturated rings. The van der Waals surface area contributed by atoms with Gasteiger partial charge in [0.15, 0.2) is 5.78 Å². The van der Waals surface area contributed by atoms with Crippen molar-refractivity contribution in [1.82, 2.24) is 4.98 Å². The van der Waals surface area contributed by atoms with Crippen LogP contribution in [-0.2, 0) is 9.53 Å². The van der Waals surface area contributed by atoms with Gasteiger partial charge in [-0.2, -0.15) is 0 Å². The molecule has 7 atom stereocenters. The summed E-state index contributed by atoms with van der Waals surface area (Å²) in [6.07, 6.45) is 4.50. The van der Waals surface area contributed by atoms with E-state index < -0.39 is 35.5 Å². The molecule has 4 rings (SSSR count). The van der Waals surface area contributed by atoms with E-state index in [1.807, 2.05) is 6.08 Å². The summed E-state index contributed by atoms with van der Waals surface area (Å²) in [4.78, 5) is 30.4. The number of hydrogen-bond donors (Lipinski definition) is 2. The third kappa shape index (κ3) is 3.63. The van der Waals surface area contributed by atoms with Gasteiger partial charge in [0.05, 0.1) is 17.6 Å². The number of aliphatic hydroxyl groups is 2. The van der Waals surface area contributed by atoms with Crippen LogP contribution >= 0.6 is 0 Å². The second kappa shape index (κ2) is 7.92. The lowest BCUT2D eigenvalue weighted by Gasteiger charge is -2.36. The van der Waals surface area contributed by atoms with Crippen molar-refractivity contribution in [1.29, 1.82) is 0 Å². The predicted octanol–water partition coefficient (Wildman–Crippen LogP) is 3.49. The number of fused-ring (bicyclic) bond motifs is 2. The van der Waals surface area contributed by atoms with Gasteiger partial charge in [0.2, 0.25) is 0 Å². The quantitative estimate of drug-likeness (QED) is 0.541. The van der Waals surface area contributed by atoms with Crippen molar-refractivity contribution < 1.29 is 24.5 Å². The fraction of sp³-hybridized carbons (Fsp3) is 0.577. The number of esters is 1. The number of nitrogens with zero attached hydrogens (tertiary/aromatic N) is 1. The molecule has 2 N–H and O–H groups in total. The highest BCUT2D eigenvalue weighted by atomic mass is 16.5. The summed E-state index contributed by atoms with van der Waals surface area (Å²) < 4.78 is 5.87.